The van der Waals surface area contributed by atoms with Gasteiger partial charge in [0, 0.05) is 0 Å². The highest BCUT2D eigenvalue weighted by Crippen LogP contribution is 2.57. The lowest BCUT2D eigenvalue weighted by molar-refractivity contribution is -0.0503. The molecule has 2 aromatic rings. The molecule has 19 N–H and O–H groups in total. The predicted molar refractivity (Wildman–Crippen MR) is 106 cm³/mol. The zero-order valence-corrected chi connectivity index (χ0v) is 18.0. The number of imidazole rings is 1. The minimum absolute atomic E-state index is 0. The summed E-state index contributed by atoms with van der Waals surface area (Å²) < 4.78 is 36.8. The van der Waals surface area contributed by atoms with Gasteiger partial charge in [0.2, 0.25) is 0 Å². The molecule has 1 fully saturated rings. The molecule has 23 heteroatoms. The number of phosphoric ester groups is 1. The molecule has 0 saturated carbocycles. The van der Waals surface area contributed by atoms with Crippen LogP contribution in [-0.4, -0.2) is 102 Å². The Balaban J connectivity index is -0.000000701. The first-order chi connectivity index (χ1) is 12.5. The lowest BCUT2D eigenvalue weighted by Crippen LogP contribution is -2.33. The molecule has 33 heavy (non-hydrogen) atoms. The number of hydrogen-bond acceptors (Lipinski definition) is 11. The number of aliphatic hydroxyl groups is 2. The SMILES string of the molecule is Nc1ncnc2c1ncn2[C@@H]1O[C@H](COP(=O)(O)OP(=O)(O)O)C(O)C1O.O.O.O.O.O.O. The van der Waals surface area contributed by atoms with Crippen molar-refractivity contribution in [2.24, 2.45) is 0 Å². The van der Waals surface area contributed by atoms with Gasteiger partial charge in [-0.05, 0) is 0 Å². The maximum atomic E-state index is 11.5. The van der Waals surface area contributed by atoms with Crippen LogP contribution in [0.15, 0.2) is 12.7 Å². The molecule has 3 rings (SSSR count). The van der Waals surface area contributed by atoms with Crippen molar-refractivity contribution in [3.63, 3.8) is 0 Å². The average Bonchev–Trinajstić information content (AvgIpc) is 3.07. The lowest BCUT2D eigenvalue weighted by atomic mass is 10.1. The number of rotatable bonds is 6. The normalized spacial score (nSPS) is 23.3. The molecule has 0 amide bonds. The Bertz CT molecular complexity index is 940. The zero-order valence-electron chi connectivity index (χ0n) is 16.2. The maximum Gasteiger partial charge on any atom is 0.481 e. The Labute approximate surface area is 183 Å². The van der Waals surface area contributed by atoms with Gasteiger partial charge < -0.3 is 68.2 Å². The molecule has 1 saturated heterocycles. The van der Waals surface area contributed by atoms with Crippen LogP contribution in [-0.2, 0) is 22.7 Å². The molecule has 5 atom stereocenters. The summed E-state index contributed by atoms with van der Waals surface area (Å²) in [4.78, 5) is 38.1. The monoisotopic (exact) mass is 535 g/mol. The van der Waals surface area contributed by atoms with Crippen LogP contribution in [0.3, 0.4) is 0 Å². The van der Waals surface area contributed by atoms with Crippen molar-refractivity contribution in [3.05, 3.63) is 12.7 Å². The molecular weight excluding hydrogens is 508 g/mol. The third-order valence-electron chi connectivity index (χ3n) is 3.61. The van der Waals surface area contributed by atoms with Crippen LogP contribution in [0.4, 0.5) is 5.82 Å². The molecule has 21 nitrogen and oxygen atoms in total. The van der Waals surface area contributed by atoms with E-state index in [1.54, 1.807) is 0 Å². The maximum absolute atomic E-state index is 11.5. The Hall–Kier alpha value is -1.75. The van der Waals surface area contributed by atoms with Crippen LogP contribution >= 0.6 is 15.6 Å². The predicted octanol–water partition coefficient (Wildman–Crippen LogP) is -6.69. The topological polar surface area (TPSA) is 422 Å². The highest BCUT2D eigenvalue weighted by atomic mass is 31.3. The molecule has 3 heterocycles. The summed E-state index contributed by atoms with van der Waals surface area (Å²) in [6, 6.07) is 0. The largest absolute Gasteiger partial charge is 0.481 e. The van der Waals surface area contributed by atoms with Gasteiger partial charge >= 0.3 is 15.6 Å². The summed E-state index contributed by atoms with van der Waals surface area (Å²) >= 11 is 0. The van der Waals surface area contributed by atoms with E-state index in [0.717, 1.165) is 6.33 Å². The van der Waals surface area contributed by atoms with Crippen LogP contribution < -0.4 is 5.73 Å². The summed E-state index contributed by atoms with van der Waals surface area (Å²) in [5, 5.41) is 20.3. The van der Waals surface area contributed by atoms with Crippen LogP contribution in [0.5, 0.6) is 0 Å². The van der Waals surface area contributed by atoms with Crippen LogP contribution in [0, 0.1) is 0 Å². The van der Waals surface area contributed by atoms with Crippen molar-refractivity contribution in [2.45, 2.75) is 24.5 Å². The van der Waals surface area contributed by atoms with E-state index in [2.05, 4.69) is 23.8 Å². The van der Waals surface area contributed by atoms with Crippen LogP contribution in [0.25, 0.3) is 11.2 Å². The highest BCUT2D eigenvalue weighted by Gasteiger charge is 2.46. The number of hydrogen-bond donors (Lipinski definition) is 6. The van der Waals surface area contributed by atoms with E-state index in [9.17, 15) is 24.2 Å². The molecule has 0 aromatic carbocycles. The van der Waals surface area contributed by atoms with E-state index in [-0.39, 0.29) is 49.8 Å². The van der Waals surface area contributed by atoms with Gasteiger partial charge in [-0.1, -0.05) is 0 Å². The first-order valence-electron chi connectivity index (χ1n) is 7.17. The number of nitrogens with two attached hydrogens (primary N) is 1. The van der Waals surface area contributed by atoms with Gasteiger partial charge in [0.05, 0.1) is 12.9 Å². The number of aliphatic hydroxyl groups excluding tert-OH is 2. The minimum Gasteiger partial charge on any atom is -0.412 e. The first-order valence-corrected chi connectivity index (χ1v) is 10.2. The second-order valence-electron chi connectivity index (χ2n) is 5.47. The van der Waals surface area contributed by atoms with Gasteiger partial charge in [0.25, 0.3) is 0 Å². The third-order valence-corrected chi connectivity index (χ3v) is 5.76. The van der Waals surface area contributed by atoms with E-state index in [0.29, 0.717) is 0 Å². The number of aromatic nitrogens is 4. The summed E-state index contributed by atoms with van der Waals surface area (Å²) in [6.07, 6.45) is -3.20. The number of anilines is 1. The summed E-state index contributed by atoms with van der Waals surface area (Å²) in [6.45, 7) is -0.813. The van der Waals surface area contributed by atoms with Crippen molar-refractivity contribution < 1.29 is 80.5 Å². The van der Waals surface area contributed by atoms with Gasteiger partial charge in [0.1, 0.15) is 30.2 Å². The lowest BCUT2D eigenvalue weighted by Gasteiger charge is -2.17. The second kappa shape index (κ2) is 13.8. The van der Waals surface area contributed by atoms with Gasteiger partial charge in [-0.25, -0.2) is 24.1 Å². The molecule has 0 spiro atoms. The molecule has 2 aromatic heterocycles. The Morgan fingerprint density at radius 2 is 1.58 bits per heavy atom. The van der Waals surface area contributed by atoms with Crippen molar-refractivity contribution in [1.29, 1.82) is 0 Å². The molecule has 0 aliphatic carbocycles. The van der Waals surface area contributed by atoms with E-state index in [4.69, 9.17) is 20.3 Å². The van der Waals surface area contributed by atoms with Gasteiger partial charge in [0.15, 0.2) is 17.7 Å². The zero-order chi connectivity index (χ0) is 20.0. The fourth-order valence-corrected chi connectivity index (χ4v) is 4.08. The van der Waals surface area contributed by atoms with Crippen LogP contribution in [0.1, 0.15) is 6.23 Å². The van der Waals surface area contributed by atoms with Crippen molar-refractivity contribution in [2.75, 3.05) is 12.3 Å². The Kier molecular flexibility index (Phi) is 16.1. The number of fused-ring (bicyclic) bond motifs is 1. The summed E-state index contributed by atoms with van der Waals surface area (Å²) in [5.74, 6) is 0.0856. The van der Waals surface area contributed by atoms with Gasteiger partial charge in [-0.2, -0.15) is 4.31 Å². The Morgan fingerprint density at radius 1 is 1.00 bits per heavy atom. The number of nitrogen functional groups attached to an aromatic ring is 1. The molecule has 0 bridgehead atoms. The van der Waals surface area contributed by atoms with Crippen molar-refractivity contribution in [1.82, 2.24) is 19.5 Å². The standard InChI is InChI=1S/C10H15N5O10P2.6H2O/c11-8-5-9(13-2-12-8)15(3-14-5)10-7(17)6(16)4(24-10)1-23-27(21,22)25-26(18,19)20;;;;;;/h2-4,6-7,10,16-17H,1H2,(H,21,22)(H2,11,12,13)(H2,18,19,20);6*1H2/t4-,6?,7?,10-;;;;;;/m1....../s1. The smallest absolute Gasteiger partial charge is 0.412 e. The molecule has 3 unspecified atom stereocenters. The molecule has 0 radical (unpaired) electrons. The Morgan fingerprint density at radius 3 is 2.12 bits per heavy atom. The van der Waals surface area contributed by atoms with Crippen LogP contribution in [0.2, 0.25) is 0 Å². The minimum atomic E-state index is -5.29. The average molecular weight is 535 g/mol. The fraction of sp³-hybridized carbons (Fsp3) is 0.500. The fourth-order valence-electron chi connectivity index (χ4n) is 2.48. The molecule has 1 aliphatic rings. The number of nitrogens with zero attached hydrogens (tertiary/aromatic N) is 4. The van der Waals surface area contributed by atoms with Crippen molar-refractivity contribution in [3.8, 4) is 0 Å². The van der Waals surface area contributed by atoms with Gasteiger partial charge in [-0.15, -0.1) is 0 Å². The van der Waals surface area contributed by atoms with E-state index < -0.39 is 46.8 Å². The number of ether oxygens (including phenoxy) is 1. The second-order valence-corrected chi connectivity index (χ2v) is 8.30. The summed E-state index contributed by atoms with van der Waals surface area (Å²) in [5.41, 5.74) is 6.11. The van der Waals surface area contributed by atoms with E-state index in [1.165, 1.54) is 10.9 Å². The first kappa shape index (κ1) is 38.5. The third kappa shape index (κ3) is 8.51. The highest BCUT2D eigenvalue weighted by molar-refractivity contribution is 7.60. The molecular formula is C10H27N5O16P2. The van der Waals surface area contributed by atoms with Crippen molar-refractivity contribution >= 4 is 32.6 Å². The van der Waals surface area contributed by atoms with E-state index >= 15 is 0 Å². The number of phosphoric acid groups is 2. The van der Waals surface area contributed by atoms with Gasteiger partial charge in [-0.3, -0.25) is 9.09 Å². The molecule has 198 valence electrons. The van der Waals surface area contributed by atoms with E-state index in [1.807, 2.05) is 0 Å². The summed E-state index contributed by atoms with van der Waals surface area (Å²) in [7, 11) is -10.4. The molecule has 1 aliphatic heterocycles. The quantitative estimate of drug-likeness (QED) is 0.187.